The van der Waals surface area contributed by atoms with Gasteiger partial charge in [-0.25, -0.2) is 0 Å². The third-order valence-corrected chi connectivity index (χ3v) is 6.17. The van der Waals surface area contributed by atoms with Crippen molar-refractivity contribution < 1.29 is 0 Å². The molecule has 1 fully saturated rings. The highest BCUT2D eigenvalue weighted by Crippen LogP contribution is 2.34. The number of unbranched alkanes of at least 4 members (excludes halogenated alkanes) is 1. The van der Waals surface area contributed by atoms with Crippen LogP contribution >= 0.6 is 11.6 Å². The maximum absolute atomic E-state index is 6.49. The van der Waals surface area contributed by atoms with Crippen LogP contribution in [-0.4, -0.2) is 4.98 Å². The first-order valence-electron chi connectivity index (χ1n) is 11.6. The lowest BCUT2D eigenvalue weighted by Gasteiger charge is -2.15. The zero-order chi connectivity index (χ0) is 21.9. The highest BCUT2D eigenvalue weighted by atomic mass is 35.5. The fraction of sp³-hybridized carbons (Fsp3) is 0.519. The monoisotopic (exact) mass is 426 g/mol. The van der Waals surface area contributed by atoms with Crippen molar-refractivity contribution in [2.24, 2.45) is 5.92 Å². The van der Waals surface area contributed by atoms with Gasteiger partial charge in [-0.3, -0.25) is 4.98 Å². The van der Waals surface area contributed by atoms with Crippen LogP contribution in [0.3, 0.4) is 0 Å². The molecular weight excluding hydrogens is 388 g/mol. The van der Waals surface area contributed by atoms with E-state index in [-0.39, 0.29) is 0 Å². The predicted molar refractivity (Wildman–Crippen MR) is 132 cm³/mol. The number of aromatic nitrogens is 1. The Morgan fingerprint density at radius 3 is 2.63 bits per heavy atom. The average molecular weight is 427 g/mol. The third kappa shape index (κ3) is 7.80. The van der Waals surface area contributed by atoms with Crippen LogP contribution in [0.1, 0.15) is 83.9 Å². The van der Waals surface area contributed by atoms with Crippen molar-refractivity contribution in [3.05, 3.63) is 75.8 Å². The number of nitrogens with one attached hydrogen (secondary N) is 1. The highest BCUT2D eigenvalue weighted by molar-refractivity contribution is 6.31. The molecule has 2 rings (SSSR count). The lowest BCUT2D eigenvalue weighted by Crippen LogP contribution is -2.09. The van der Waals surface area contributed by atoms with E-state index in [1.807, 2.05) is 6.20 Å². The van der Waals surface area contributed by atoms with Gasteiger partial charge in [0.2, 0.25) is 0 Å². The molecule has 0 saturated heterocycles. The molecule has 0 amide bonds. The molecule has 3 heteroatoms. The Morgan fingerprint density at radius 1 is 1.27 bits per heavy atom. The SMILES string of the molecule is C=C(CC)C(=C/NCc1cnc(CCC2CC2)c(Cl)c1)/C(/C=C\CCC)=C(/C)CC. The molecule has 0 bridgehead atoms. The third-order valence-electron chi connectivity index (χ3n) is 5.84. The lowest BCUT2D eigenvalue weighted by atomic mass is 9.92. The number of halogens is 1. The first-order valence-corrected chi connectivity index (χ1v) is 12.0. The minimum Gasteiger partial charge on any atom is -0.386 e. The molecule has 1 aromatic heterocycles. The minimum absolute atomic E-state index is 0.702. The van der Waals surface area contributed by atoms with Crippen molar-refractivity contribution in [1.82, 2.24) is 10.3 Å². The number of pyridine rings is 1. The van der Waals surface area contributed by atoms with Crippen molar-refractivity contribution >= 4 is 11.6 Å². The van der Waals surface area contributed by atoms with Crippen molar-refractivity contribution in [1.29, 1.82) is 0 Å². The molecule has 0 aliphatic heterocycles. The van der Waals surface area contributed by atoms with Crippen LogP contribution in [0.5, 0.6) is 0 Å². The maximum Gasteiger partial charge on any atom is 0.0624 e. The first-order chi connectivity index (χ1) is 14.5. The zero-order valence-corrected chi connectivity index (χ0v) is 20.1. The fourth-order valence-electron chi connectivity index (χ4n) is 3.39. The summed E-state index contributed by atoms with van der Waals surface area (Å²) >= 11 is 6.49. The predicted octanol–water partition coefficient (Wildman–Crippen LogP) is 8.10. The molecule has 0 atom stereocenters. The van der Waals surface area contributed by atoms with Gasteiger partial charge in [-0.2, -0.15) is 0 Å². The topological polar surface area (TPSA) is 24.9 Å². The lowest BCUT2D eigenvalue weighted by molar-refractivity contribution is 0.712. The van der Waals surface area contributed by atoms with E-state index in [0.717, 1.165) is 59.9 Å². The largest absolute Gasteiger partial charge is 0.386 e. The first kappa shape index (κ1) is 24.5. The van der Waals surface area contributed by atoms with E-state index in [9.17, 15) is 0 Å². The normalized spacial score (nSPS) is 15.4. The number of aryl methyl sites for hydroxylation is 1. The molecule has 0 unspecified atom stereocenters. The smallest absolute Gasteiger partial charge is 0.0624 e. The average Bonchev–Trinajstić information content (AvgIpc) is 3.58. The summed E-state index contributed by atoms with van der Waals surface area (Å²) in [6.45, 7) is 13.8. The molecular formula is C27H39ClN2. The van der Waals surface area contributed by atoms with Crippen LogP contribution in [0, 0.1) is 5.92 Å². The number of hydrogen-bond acceptors (Lipinski definition) is 2. The molecule has 0 spiro atoms. The van der Waals surface area contributed by atoms with Crippen LogP contribution in [0.25, 0.3) is 0 Å². The van der Waals surface area contributed by atoms with E-state index in [1.54, 1.807) is 0 Å². The maximum atomic E-state index is 6.49. The van der Waals surface area contributed by atoms with E-state index in [4.69, 9.17) is 11.6 Å². The number of nitrogens with zero attached hydrogens (tertiary/aromatic N) is 1. The molecule has 1 heterocycles. The van der Waals surface area contributed by atoms with E-state index in [0.29, 0.717) is 6.54 Å². The molecule has 1 N–H and O–H groups in total. The zero-order valence-electron chi connectivity index (χ0n) is 19.4. The summed E-state index contributed by atoms with van der Waals surface area (Å²) < 4.78 is 0. The second kappa shape index (κ2) is 12.8. The van der Waals surface area contributed by atoms with E-state index in [1.165, 1.54) is 36.0 Å². The van der Waals surface area contributed by atoms with Gasteiger partial charge in [0.1, 0.15) is 0 Å². The fourth-order valence-corrected chi connectivity index (χ4v) is 3.67. The highest BCUT2D eigenvalue weighted by Gasteiger charge is 2.21. The van der Waals surface area contributed by atoms with Gasteiger partial charge in [-0.15, -0.1) is 0 Å². The van der Waals surface area contributed by atoms with E-state index >= 15 is 0 Å². The molecule has 0 radical (unpaired) electrons. The van der Waals surface area contributed by atoms with Gasteiger partial charge in [0.25, 0.3) is 0 Å². The molecule has 1 aliphatic rings. The van der Waals surface area contributed by atoms with Gasteiger partial charge in [0.15, 0.2) is 0 Å². The van der Waals surface area contributed by atoms with Gasteiger partial charge in [-0.1, -0.05) is 75.9 Å². The van der Waals surface area contributed by atoms with E-state index < -0.39 is 0 Å². The molecule has 2 nitrogen and oxygen atoms in total. The van der Waals surface area contributed by atoms with Gasteiger partial charge < -0.3 is 5.32 Å². The summed E-state index contributed by atoms with van der Waals surface area (Å²) in [5.41, 5.74) is 7.16. The van der Waals surface area contributed by atoms with Crippen LogP contribution in [0.4, 0.5) is 0 Å². The molecule has 30 heavy (non-hydrogen) atoms. The summed E-state index contributed by atoms with van der Waals surface area (Å²) in [4.78, 5) is 4.62. The number of allylic oxidation sites excluding steroid dienone is 6. The van der Waals surface area contributed by atoms with Crippen LogP contribution < -0.4 is 5.32 Å². The second-order valence-electron chi connectivity index (χ2n) is 8.39. The molecule has 1 saturated carbocycles. The van der Waals surface area contributed by atoms with Crippen molar-refractivity contribution in [3.8, 4) is 0 Å². The van der Waals surface area contributed by atoms with Crippen LogP contribution in [-0.2, 0) is 13.0 Å². The van der Waals surface area contributed by atoms with Gasteiger partial charge >= 0.3 is 0 Å². The Morgan fingerprint density at radius 2 is 2.03 bits per heavy atom. The minimum atomic E-state index is 0.702. The summed E-state index contributed by atoms with van der Waals surface area (Å²) in [6, 6.07) is 2.06. The summed E-state index contributed by atoms with van der Waals surface area (Å²) in [6.07, 6.45) is 17.8. The molecule has 1 aliphatic carbocycles. The molecule has 0 aromatic carbocycles. The Labute approximate surface area is 189 Å². The Balaban J connectivity index is 2.11. The van der Waals surface area contributed by atoms with Crippen molar-refractivity contribution in [2.45, 2.75) is 85.6 Å². The summed E-state index contributed by atoms with van der Waals surface area (Å²) in [7, 11) is 0. The quantitative estimate of drug-likeness (QED) is 0.322. The van der Waals surface area contributed by atoms with E-state index in [2.05, 4.69) is 69.0 Å². The Hall–Kier alpha value is -1.80. The molecule has 1 aromatic rings. The Kier molecular flexibility index (Phi) is 10.4. The Bertz CT molecular complexity index is 797. The van der Waals surface area contributed by atoms with Gasteiger partial charge in [0.05, 0.1) is 10.7 Å². The van der Waals surface area contributed by atoms with Crippen molar-refractivity contribution in [2.75, 3.05) is 0 Å². The molecule has 164 valence electrons. The van der Waals surface area contributed by atoms with Crippen LogP contribution in [0.15, 0.2) is 59.5 Å². The summed E-state index contributed by atoms with van der Waals surface area (Å²) in [5, 5.41) is 4.28. The standard InChI is InChI=1S/C27H39ClN2/c1-6-9-10-11-24(20(4)7-2)25(21(5)8-3)19-29-17-23-16-26(28)27(30-18-23)15-14-22-12-13-22/h10-11,16,18-19,22,29H,5-9,12-15,17H2,1-4H3/b11-10-,24-20-,25-19-. The van der Waals surface area contributed by atoms with Gasteiger partial charge in [0, 0.05) is 18.9 Å². The second-order valence-corrected chi connectivity index (χ2v) is 8.80. The van der Waals surface area contributed by atoms with Gasteiger partial charge in [-0.05, 0) is 73.3 Å². The number of rotatable bonds is 13. The van der Waals surface area contributed by atoms with Crippen molar-refractivity contribution in [3.63, 3.8) is 0 Å². The van der Waals surface area contributed by atoms with Crippen LogP contribution in [0.2, 0.25) is 5.02 Å². The number of hydrogen-bond donors (Lipinski definition) is 1. The summed E-state index contributed by atoms with van der Waals surface area (Å²) in [5.74, 6) is 0.902.